The van der Waals surface area contributed by atoms with Crippen LogP contribution in [0.15, 0.2) is 36.5 Å². The second-order valence-electron chi connectivity index (χ2n) is 6.16. The van der Waals surface area contributed by atoms with Crippen molar-refractivity contribution < 1.29 is 14.6 Å². The number of aliphatic hydroxyl groups is 1. The Labute approximate surface area is 140 Å². The molecule has 0 saturated heterocycles. The predicted octanol–water partition coefficient (Wildman–Crippen LogP) is 0.921. The molecule has 128 valence electrons. The predicted molar refractivity (Wildman–Crippen MR) is 87.4 cm³/mol. The van der Waals surface area contributed by atoms with Crippen LogP contribution < -0.4 is 10.1 Å². The number of nitrogens with zero attached hydrogens (tertiary/aromatic N) is 3. The second kappa shape index (κ2) is 7.44. The Hall–Kier alpha value is -2.41. The Bertz CT molecular complexity index is 673. The molecule has 0 bridgehead atoms. The number of aryl methyl sites for hydroxylation is 1. The molecule has 2 aromatic rings. The van der Waals surface area contributed by atoms with Crippen LogP contribution in [0.3, 0.4) is 0 Å². The molecular formula is C17H22N4O3. The van der Waals surface area contributed by atoms with Crippen LogP contribution in [0.2, 0.25) is 0 Å². The van der Waals surface area contributed by atoms with Gasteiger partial charge in [0.1, 0.15) is 18.4 Å². The van der Waals surface area contributed by atoms with Crippen LogP contribution in [0.5, 0.6) is 5.75 Å². The SMILES string of the molecule is Cc1cn(CC(=O)NC[C@H]2CC[C@@H](Oc3ccccc3)[C@@H]2O)nn1. The summed E-state index contributed by atoms with van der Waals surface area (Å²) in [6.45, 7) is 2.39. The van der Waals surface area contributed by atoms with Gasteiger partial charge in [-0.2, -0.15) is 0 Å². The normalized spacial score (nSPS) is 23.2. The van der Waals surface area contributed by atoms with Crippen LogP contribution in [0.4, 0.5) is 0 Å². The maximum atomic E-state index is 11.9. The highest BCUT2D eigenvalue weighted by atomic mass is 16.5. The number of amides is 1. The fraction of sp³-hybridized carbons (Fsp3) is 0.471. The van der Waals surface area contributed by atoms with Crippen LogP contribution in [0.1, 0.15) is 18.5 Å². The molecule has 1 amide bonds. The molecule has 0 radical (unpaired) electrons. The summed E-state index contributed by atoms with van der Waals surface area (Å²) in [7, 11) is 0. The van der Waals surface area contributed by atoms with Gasteiger partial charge >= 0.3 is 0 Å². The standard InChI is InChI=1S/C17H22N4O3/c1-12-10-21(20-19-12)11-16(22)18-9-13-7-8-15(17(13)23)24-14-5-3-2-4-6-14/h2-6,10,13,15,17,23H,7-9,11H2,1H3,(H,18,22)/t13-,15-,17-/m1/s1. The average molecular weight is 330 g/mol. The first-order valence-corrected chi connectivity index (χ1v) is 8.15. The zero-order valence-electron chi connectivity index (χ0n) is 13.6. The molecular weight excluding hydrogens is 308 g/mol. The van der Waals surface area contributed by atoms with Crippen molar-refractivity contribution in [1.29, 1.82) is 0 Å². The minimum Gasteiger partial charge on any atom is -0.488 e. The molecule has 1 fully saturated rings. The van der Waals surface area contributed by atoms with Gasteiger partial charge in [0.15, 0.2) is 0 Å². The fourth-order valence-electron chi connectivity index (χ4n) is 2.97. The number of para-hydroxylation sites is 1. The molecule has 7 nitrogen and oxygen atoms in total. The van der Waals surface area contributed by atoms with E-state index in [0.717, 1.165) is 24.3 Å². The largest absolute Gasteiger partial charge is 0.488 e. The molecule has 3 rings (SSSR count). The van der Waals surface area contributed by atoms with Crippen LogP contribution in [-0.2, 0) is 11.3 Å². The topological polar surface area (TPSA) is 89.3 Å². The molecule has 24 heavy (non-hydrogen) atoms. The highest BCUT2D eigenvalue weighted by Crippen LogP contribution is 2.29. The van der Waals surface area contributed by atoms with E-state index in [9.17, 15) is 9.90 Å². The zero-order chi connectivity index (χ0) is 16.9. The first-order valence-electron chi connectivity index (χ1n) is 8.15. The lowest BCUT2D eigenvalue weighted by molar-refractivity contribution is -0.122. The van der Waals surface area contributed by atoms with Gasteiger partial charge in [-0.1, -0.05) is 23.4 Å². The van der Waals surface area contributed by atoms with Crippen LogP contribution in [0.25, 0.3) is 0 Å². The smallest absolute Gasteiger partial charge is 0.241 e. The van der Waals surface area contributed by atoms with E-state index in [2.05, 4.69) is 15.6 Å². The van der Waals surface area contributed by atoms with Crippen LogP contribution >= 0.6 is 0 Å². The molecule has 1 aliphatic rings. The van der Waals surface area contributed by atoms with Gasteiger partial charge in [0.25, 0.3) is 0 Å². The molecule has 1 aliphatic carbocycles. The summed E-state index contributed by atoms with van der Waals surface area (Å²) in [6, 6.07) is 9.48. The number of hydrogen-bond acceptors (Lipinski definition) is 5. The van der Waals surface area contributed by atoms with Gasteiger partial charge in [-0.3, -0.25) is 4.79 Å². The van der Waals surface area contributed by atoms with Crippen molar-refractivity contribution in [2.24, 2.45) is 5.92 Å². The molecule has 0 spiro atoms. The van der Waals surface area contributed by atoms with Crippen molar-refractivity contribution in [1.82, 2.24) is 20.3 Å². The van der Waals surface area contributed by atoms with Gasteiger partial charge in [0, 0.05) is 18.7 Å². The highest BCUT2D eigenvalue weighted by molar-refractivity contribution is 5.75. The lowest BCUT2D eigenvalue weighted by Crippen LogP contribution is -2.38. The summed E-state index contributed by atoms with van der Waals surface area (Å²) in [4.78, 5) is 11.9. The Morgan fingerprint density at radius 1 is 1.38 bits per heavy atom. The minimum absolute atomic E-state index is 0.000134. The van der Waals surface area contributed by atoms with E-state index in [0.29, 0.717) is 6.54 Å². The maximum absolute atomic E-state index is 11.9. The number of benzene rings is 1. The summed E-state index contributed by atoms with van der Waals surface area (Å²) < 4.78 is 7.34. The van der Waals surface area contributed by atoms with Crippen molar-refractivity contribution >= 4 is 5.91 Å². The van der Waals surface area contributed by atoms with Gasteiger partial charge in [-0.25, -0.2) is 4.68 Å². The fourth-order valence-corrected chi connectivity index (χ4v) is 2.97. The van der Waals surface area contributed by atoms with E-state index in [1.165, 1.54) is 4.68 Å². The number of nitrogens with one attached hydrogen (secondary N) is 1. The Balaban J connectivity index is 1.45. The molecule has 3 atom stereocenters. The third kappa shape index (κ3) is 4.11. The summed E-state index contributed by atoms with van der Waals surface area (Å²) >= 11 is 0. The van der Waals surface area contributed by atoms with Crippen LogP contribution in [0, 0.1) is 12.8 Å². The molecule has 1 aromatic heterocycles. The monoisotopic (exact) mass is 330 g/mol. The molecule has 0 aliphatic heterocycles. The molecule has 7 heteroatoms. The van der Waals surface area contributed by atoms with Crippen LogP contribution in [-0.4, -0.2) is 44.8 Å². The van der Waals surface area contributed by atoms with Gasteiger partial charge in [-0.05, 0) is 31.9 Å². The number of carbonyl (C=O) groups excluding carboxylic acids is 1. The number of aliphatic hydroxyl groups excluding tert-OH is 1. The van der Waals surface area contributed by atoms with E-state index in [4.69, 9.17) is 4.74 Å². The third-order valence-corrected chi connectivity index (χ3v) is 4.24. The average Bonchev–Trinajstić information content (AvgIpc) is 3.13. The number of carbonyl (C=O) groups is 1. The summed E-state index contributed by atoms with van der Waals surface area (Å²) in [6.07, 6.45) is 2.50. The van der Waals surface area contributed by atoms with Crippen molar-refractivity contribution in [2.75, 3.05) is 6.54 Å². The van der Waals surface area contributed by atoms with E-state index >= 15 is 0 Å². The number of hydrogen-bond donors (Lipinski definition) is 2. The van der Waals surface area contributed by atoms with E-state index in [1.807, 2.05) is 37.3 Å². The van der Waals surface area contributed by atoms with Crippen molar-refractivity contribution in [3.8, 4) is 5.75 Å². The summed E-state index contributed by atoms with van der Waals surface area (Å²) in [5, 5.41) is 21.0. The highest BCUT2D eigenvalue weighted by Gasteiger charge is 2.36. The first kappa shape index (κ1) is 16.4. The number of aromatic nitrogens is 3. The Morgan fingerprint density at radius 2 is 2.17 bits per heavy atom. The number of ether oxygens (including phenoxy) is 1. The molecule has 0 unspecified atom stereocenters. The van der Waals surface area contributed by atoms with Gasteiger partial charge in [-0.15, -0.1) is 5.10 Å². The lowest BCUT2D eigenvalue weighted by Gasteiger charge is -2.21. The Morgan fingerprint density at radius 3 is 2.88 bits per heavy atom. The quantitative estimate of drug-likeness (QED) is 0.822. The van der Waals surface area contributed by atoms with Gasteiger partial charge < -0.3 is 15.2 Å². The van der Waals surface area contributed by atoms with E-state index in [1.54, 1.807) is 6.20 Å². The Kier molecular flexibility index (Phi) is 5.10. The number of rotatable bonds is 6. The summed E-state index contributed by atoms with van der Waals surface area (Å²) in [5.74, 6) is 0.618. The third-order valence-electron chi connectivity index (χ3n) is 4.24. The van der Waals surface area contributed by atoms with Crippen molar-refractivity contribution in [2.45, 2.75) is 38.5 Å². The zero-order valence-corrected chi connectivity index (χ0v) is 13.6. The molecule has 1 aromatic carbocycles. The summed E-state index contributed by atoms with van der Waals surface area (Å²) in [5.41, 5.74) is 0.773. The van der Waals surface area contributed by atoms with E-state index < -0.39 is 6.10 Å². The minimum atomic E-state index is -0.584. The molecule has 1 heterocycles. The molecule has 1 saturated carbocycles. The maximum Gasteiger partial charge on any atom is 0.241 e. The molecule has 2 N–H and O–H groups in total. The van der Waals surface area contributed by atoms with Gasteiger partial charge in [0.2, 0.25) is 5.91 Å². The first-order chi connectivity index (χ1) is 11.6. The lowest BCUT2D eigenvalue weighted by atomic mass is 10.1. The van der Waals surface area contributed by atoms with E-state index in [-0.39, 0.29) is 24.5 Å². The van der Waals surface area contributed by atoms with Crippen molar-refractivity contribution in [3.05, 3.63) is 42.2 Å². The van der Waals surface area contributed by atoms with Gasteiger partial charge in [0.05, 0.1) is 11.8 Å². The second-order valence-corrected chi connectivity index (χ2v) is 6.16. The van der Waals surface area contributed by atoms with Crippen molar-refractivity contribution in [3.63, 3.8) is 0 Å².